The first-order valence-corrected chi connectivity index (χ1v) is 6.99. The molecule has 1 atom stereocenters. The number of hydrogen-bond donors (Lipinski definition) is 1. The number of carbonyl (C=O) groups excluding carboxylic acids is 1. The summed E-state index contributed by atoms with van der Waals surface area (Å²) in [4.78, 5) is 13.8. The van der Waals surface area contributed by atoms with Gasteiger partial charge in [-0.2, -0.15) is 0 Å². The Labute approximate surface area is 123 Å². The first-order valence-electron chi connectivity index (χ1n) is 6.99. The van der Waals surface area contributed by atoms with Crippen molar-refractivity contribution in [3.63, 3.8) is 0 Å². The molecular formula is C15H21FN2O3. The van der Waals surface area contributed by atoms with Crippen molar-refractivity contribution in [2.24, 2.45) is 11.7 Å². The van der Waals surface area contributed by atoms with Crippen LogP contribution < -0.4 is 15.4 Å². The molecule has 0 saturated carbocycles. The molecule has 1 aromatic rings. The van der Waals surface area contributed by atoms with Crippen molar-refractivity contribution < 1.29 is 18.7 Å². The molecule has 0 radical (unpaired) electrons. The molecule has 0 bridgehead atoms. The molecule has 1 saturated heterocycles. The van der Waals surface area contributed by atoms with Crippen LogP contribution in [-0.4, -0.2) is 39.3 Å². The fraction of sp³-hybridized carbons (Fsp3) is 0.533. The van der Waals surface area contributed by atoms with Crippen molar-refractivity contribution in [3.05, 3.63) is 24.0 Å². The van der Waals surface area contributed by atoms with E-state index in [1.165, 1.54) is 24.1 Å². The van der Waals surface area contributed by atoms with Crippen LogP contribution in [0.15, 0.2) is 18.2 Å². The van der Waals surface area contributed by atoms with E-state index in [1.54, 1.807) is 13.1 Å². The fourth-order valence-corrected chi connectivity index (χ4v) is 2.49. The molecule has 0 aliphatic carbocycles. The number of hydrogen-bond acceptors (Lipinski definition) is 4. The third-order valence-corrected chi connectivity index (χ3v) is 3.91. The van der Waals surface area contributed by atoms with E-state index < -0.39 is 11.9 Å². The van der Waals surface area contributed by atoms with Crippen LogP contribution in [0, 0.1) is 11.7 Å². The molecule has 1 aliphatic rings. The highest BCUT2D eigenvalue weighted by atomic mass is 19.1. The molecule has 21 heavy (non-hydrogen) atoms. The van der Waals surface area contributed by atoms with Crippen LogP contribution in [0.1, 0.15) is 12.8 Å². The maximum absolute atomic E-state index is 13.7. The van der Waals surface area contributed by atoms with Crippen LogP contribution in [0.2, 0.25) is 0 Å². The number of ether oxygens (including phenoxy) is 2. The Bertz CT molecular complexity index is 504. The minimum Gasteiger partial charge on any atom is -0.494 e. The van der Waals surface area contributed by atoms with Crippen molar-refractivity contribution in [1.82, 2.24) is 0 Å². The third-order valence-electron chi connectivity index (χ3n) is 3.91. The number of rotatable bonds is 4. The molecule has 1 fully saturated rings. The van der Waals surface area contributed by atoms with Crippen LogP contribution in [0.5, 0.6) is 5.75 Å². The number of nitrogens with two attached hydrogens (primary N) is 1. The Hall–Kier alpha value is -1.66. The van der Waals surface area contributed by atoms with E-state index >= 15 is 0 Å². The van der Waals surface area contributed by atoms with Crippen molar-refractivity contribution in [3.8, 4) is 5.75 Å². The lowest BCUT2D eigenvalue weighted by molar-refractivity contribution is -0.121. The summed E-state index contributed by atoms with van der Waals surface area (Å²) >= 11 is 0. The number of likely N-dealkylation sites (N-methyl/N-ethyl adjacent to an activating group) is 1. The minimum atomic E-state index is -0.593. The molecule has 2 N–H and O–H groups in total. The van der Waals surface area contributed by atoms with Gasteiger partial charge in [0, 0.05) is 32.0 Å². The van der Waals surface area contributed by atoms with Crippen LogP contribution in [-0.2, 0) is 9.53 Å². The second-order valence-electron chi connectivity index (χ2n) is 5.19. The van der Waals surface area contributed by atoms with Gasteiger partial charge in [-0.15, -0.1) is 0 Å². The Morgan fingerprint density at radius 1 is 1.48 bits per heavy atom. The van der Waals surface area contributed by atoms with E-state index in [2.05, 4.69) is 0 Å². The first kappa shape index (κ1) is 15.7. The summed E-state index contributed by atoms with van der Waals surface area (Å²) in [7, 11) is 3.00. The summed E-state index contributed by atoms with van der Waals surface area (Å²) in [6.45, 7) is 1.26. The topological polar surface area (TPSA) is 64.8 Å². The van der Waals surface area contributed by atoms with E-state index in [1.807, 2.05) is 0 Å². The second kappa shape index (κ2) is 6.87. The molecule has 1 aromatic carbocycles. The van der Waals surface area contributed by atoms with Gasteiger partial charge >= 0.3 is 0 Å². The predicted molar refractivity (Wildman–Crippen MR) is 77.9 cm³/mol. The summed E-state index contributed by atoms with van der Waals surface area (Å²) in [6.07, 6.45) is 1.55. The first-order chi connectivity index (χ1) is 10.0. The van der Waals surface area contributed by atoms with Gasteiger partial charge in [-0.25, -0.2) is 4.39 Å². The van der Waals surface area contributed by atoms with E-state index in [0.717, 1.165) is 12.8 Å². The monoisotopic (exact) mass is 296 g/mol. The molecule has 1 amide bonds. The zero-order valence-electron chi connectivity index (χ0n) is 12.3. The molecule has 1 unspecified atom stereocenters. The van der Waals surface area contributed by atoms with Crippen LogP contribution >= 0.6 is 0 Å². The standard InChI is InChI=1S/C15H21FN2O3/c1-18(11-3-4-13(20-2)12(16)9-11)15(19)14(17)10-5-7-21-8-6-10/h3-4,9-10,14H,5-8,17H2,1-2H3. The van der Waals surface area contributed by atoms with Crippen LogP contribution in [0.3, 0.4) is 0 Å². The Morgan fingerprint density at radius 3 is 2.71 bits per heavy atom. The van der Waals surface area contributed by atoms with Gasteiger partial charge in [0.05, 0.1) is 13.2 Å². The number of anilines is 1. The second-order valence-corrected chi connectivity index (χ2v) is 5.19. The van der Waals surface area contributed by atoms with Gasteiger partial charge in [-0.05, 0) is 30.9 Å². The SMILES string of the molecule is COc1ccc(N(C)C(=O)C(N)C2CCOCC2)cc1F. The normalized spacial score (nSPS) is 17.3. The van der Waals surface area contributed by atoms with Gasteiger partial charge in [0.25, 0.3) is 0 Å². The van der Waals surface area contributed by atoms with Gasteiger partial charge in [0.15, 0.2) is 11.6 Å². The number of methoxy groups -OCH3 is 1. The van der Waals surface area contributed by atoms with Crippen molar-refractivity contribution in [2.75, 3.05) is 32.3 Å². The number of benzene rings is 1. The Balaban J connectivity index is 2.09. The molecule has 1 aliphatic heterocycles. The maximum Gasteiger partial charge on any atom is 0.243 e. The molecule has 116 valence electrons. The number of halogens is 1. The maximum atomic E-state index is 13.7. The van der Waals surface area contributed by atoms with Gasteiger partial charge in [-0.1, -0.05) is 0 Å². The van der Waals surface area contributed by atoms with Gasteiger partial charge in [0.2, 0.25) is 5.91 Å². The highest BCUT2D eigenvalue weighted by Crippen LogP contribution is 2.25. The molecule has 0 spiro atoms. The van der Waals surface area contributed by atoms with Crippen molar-refractivity contribution in [1.29, 1.82) is 0 Å². The Morgan fingerprint density at radius 2 is 2.14 bits per heavy atom. The molecule has 5 nitrogen and oxygen atoms in total. The quantitative estimate of drug-likeness (QED) is 0.915. The Kier molecular flexibility index (Phi) is 5.14. The van der Waals surface area contributed by atoms with Gasteiger partial charge < -0.3 is 20.1 Å². The fourth-order valence-electron chi connectivity index (χ4n) is 2.49. The average molecular weight is 296 g/mol. The van der Waals surface area contributed by atoms with Gasteiger partial charge in [-0.3, -0.25) is 4.79 Å². The molecule has 2 rings (SSSR count). The van der Waals surface area contributed by atoms with Crippen LogP contribution in [0.4, 0.5) is 10.1 Å². The van der Waals surface area contributed by atoms with E-state index in [4.69, 9.17) is 15.2 Å². The molecular weight excluding hydrogens is 275 g/mol. The lowest BCUT2D eigenvalue weighted by atomic mass is 9.91. The highest BCUT2D eigenvalue weighted by Gasteiger charge is 2.29. The van der Waals surface area contributed by atoms with E-state index in [0.29, 0.717) is 18.9 Å². The molecule has 1 heterocycles. The summed E-state index contributed by atoms with van der Waals surface area (Å²) in [5.74, 6) is -0.467. The number of nitrogens with zero attached hydrogens (tertiary/aromatic N) is 1. The zero-order valence-corrected chi connectivity index (χ0v) is 12.3. The minimum absolute atomic E-state index is 0.108. The zero-order chi connectivity index (χ0) is 15.4. The summed E-state index contributed by atoms with van der Waals surface area (Å²) in [6, 6.07) is 3.81. The lowest BCUT2D eigenvalue weighted by Gasteiger charge is -2.29. The lowest BCUT2D eigenvalue weighted by Crippen LogP contribution is -2.47. The highest BCUT2D eigenvalue weighted by molar-refractivity contribution is 5.96. The van der Waals surface area contributed by atoms with Crippen molar-refractivity contribution >= 4 is 11.6 Å². The number of carbonyl (C=O) groups is 1. The van der Waals surface area contributed by atoms with Crippen molar-refractivity contribution in [2.45, 2.75) is 18.9 Å². The molecule has 6 heteroatoms. The predicted octanol–water partition coefficient (Wildman–Crippen LogP) is 1.55. The van der Waals surface area contributed by atoms with Gasteiger partial charge in [0.1, 0.15) is 0 Å². The van der Waals surface area contributed by atoms with Crippen LogP contribution in [0.25, 0.3) is 0 Å². The smallest absolute Gasteiger partial charge is 0.243 e. The largest absolute Gasteiger partial charge is 0.494 e. The summed E-state index contributed by atoms with van der Waals surface area (Å²) in [5, 5.41) is 0. The van der Waals surface area contributed by atoms with E-state index in [9.17, 15) is 9.18 Å². The van der Waals surface area contributed by atoms with E-state index in [-0.39, 0.29) is 17.6 Å². The summed E-state index contributed by atoms with van der Waals surface area (Å²) in [5.41, 5.74) is 6.52. The number of amides is 1. The molecule has 0 aromatic heterocycles. The third kappa shape index (κ3) is 3.51. The average Bonchev–Trinajstić information content (AvgIpc) is 2.53. The summed E-state index contributed by atoms with van der Waals surface area (Å²) < 4.78 is 23.9.